The van der Waals surface area contributed by atoms with Crippen molar-refractivity contribution in [1.82, 2.24) is 10.3 Å². The lowest BCUT2D eigenvalue weighted by Gasteiger charge is -2.14. The predicted octanol–water partition coefficient (Wildman–Crippen LogP) is 4.30. The van der Waals surface area contributed by atoms with E-state index < -0.39 is 11.6 Å². The first-order chi connectivity index (χ1) is 10.1. The first kappa shape index (κ1) is 13.8. The molecule has 0 aliphatic carbocycles. The molecule has 1 atom stereocenters. The highest BCUT2D eigenvalue weighted by molar-refractivity contribution is 5.82. The topological polar surface area (TPSA) is 27.8 Å². The van der Waals surface area contributed by atoms with E-state index in [1.807, 2.05) is 31.3 Å². The zero-order valence-corrected chi connectivity index (χ0v) is 11.7. The van der Waals surface area contributed by atoms with Crippen LogP contribution in [0, 0.1) is 11.6 Å². The summed E-state index contributed by atoms with van der Waals surface area (Å²) in [5.41, 5.74) is 2.98. The minimum Gasteiger partial charge on any atom is -0.361 e. The quantitative estimate of drug-likeness (QED) is 0.735. The molecule has 2 aromatic carbocycles. The van der Waals surface area contributed by atoms with E-state index in [9.17, 15) is 8.78 Å². The van der Waals surface area contributed by atoms with Crippen LogP contribution in [0.4, 0.5) is 8.78 Å². The molecule has 0 aliphatic rings. The van der Waals surface area contributed by atoms with Crippen molar-refractivity contribution in [2.45, 2.75) is 19.5 Å². The van der Waals surface area contributed by atoms with Crippen LogP contribution in [0.1, 0.15) is 24.1 Å². The first-order valence-electron chi connectivity index (χ1n) is 6.88. The van der Waals surface area contributed by atoms with Crippen molar-refractivity contribution >= 4 is 10.9 Å². The Bertz CT molecular complexity index is 764. The van der Waals surface area contributed by atoms with Gasteiger partial charge in [-0.3, -0.25) is 0 Å². The van der Waals surface area contributed by atoms with E-state index in [1.54, 1.807) is 6.07 Å². The Morgan fingerprint density at radius 2 is 1.90 bits per heavy atom. The Labute approximate surface area is 121 Å². The number of hydrogen-bond donors (Lipinski definition) is 2. The van der Waals surface area contributed by atoms with Crippen LogP contribution in [0.2, 0.25) is 0 Å². The van der Waals surface area contributed by atoms with Crippen LogP contribution in [-0.4, -0.2) is 4.98 Å². The van der Waals surface area contributed by atoms with E-state index in [2.05, 4.69) is 16.4 Å². The molecule has 0 radical (unpaired) electrons. The number of aromatic amines is 1. The van der Waals surface area contributed by atoms with Gasteiger partial charge in [0.05, 0.1) is 0 Å². The smallest absolute Gasteiger partial charge is 0.159 e. The number of nitrogens with one attached hydrogen (secondary N) is 2. The van der Waals surface area contributed by atoms with Crippen molar-refractivity contribution in [2.24, 2.45) is 0 Å². The maximum Gasteiger partial charge on any atom is 0.159 e. The standard InChI is InChI=1S/C17H16F2N2/c1-11(12-6-7-15(18)16(19)8-12)20-9-13-10-21-17-5-3-2-4-14(13)17/h2-8,10-11,20-21H,9H2,1H3. The monoisotopic (exact) mass is 286 g/mol. The van der Waals surface area contributed by atoms with Crippen LogP contribution in [0.25, 0.3) is 10.9 Å². The van der Waals surface area contributed by atoms with Gasteiger partial charge >= 0.3 is 0 Å². The van der Waals surface area contributed by atoms with E-state index in [4.69, 9.17) is 0 Å². The molecule has 0 fully saturated rings. The molecule has 2 N–H and O–H groups in total. The Morgan fingerprint density at radius 3 is 2.71 bits per heavy atom. The number of fused-ring (bicyclic) bond motifs is 1. The van der Waals surface area contributed by atoms with Crippen molar-refractivity contribution in [3.05, 3.63) is 71.4 Å². The predicted molar refractivity (Wildman–Crippen MR) is 79.9 cm³/mol. The number of aromatic nitrogens is 1. The fourth-order valence-corrected chi connectivity index (χ4v) is 2.44. The number of benzene rings is 2. The van der Waals surface area contributed by atoms with E-state index in [1.165, 1.54) is 11.5 Å². The maximum absolute atomic E-state index is 13.3. The highest BCUT2D eigenvalue weighted by atomic mass is 19.2. The lowest BCUT2D eigenvalue weighted by molar-refractivity contribution is 0.501. The third-order valence-corrected chi connectivity index (χ3v) is 3.72. The molecule has 2 nitrogen and oxygen atoms in total. The van der Waals surface area contributed by atoms with Crippen LogP contribution in [0.3, 0.4) is 0 Å². The minimum absolute atomic E-state index is 0.0613. The van der Waals surface area contributed by atoms with Gasteiger partial charge in [0.15, 0.2) is 11.6 Å². The maximum atomic E-state index is 13.3. The fraction of sp³-hybridized carbons (Fsp3) is 0.176. The summed E-state index contributed by atoms with van der Waals surface area (Å²) < 4.78 is 26.2. The molecular formula is C17H16F2N2. The molecule has 1 unspecified atom stereocenters. The Hall–Kier alpha value is -2.20. The summed E-state index contributed by atoms with van der Waals surface area (Å²) in [7, 11) is 0. The normalized spacial score (nSPS) is 12.7. The highest BCUT2D eigenvalue weighted by Gasteiger charge is 2.10. The van der Waals surface area contributed by atoms with E-state index in [0.717, 1.165) is 22.7 Å². The largest absolute Gasteiger partial charge is 0.361 e. The van der Waals surface area contributed by atoms with E-state index in [-0.39, 0.29) is 6.04 Å². The van der Waals surface area contributed by atoms with Crippen LogP contribution in [-0.2, 0) is 6.54 Å². The molecule has 0 saturated carbocycles. The van der Waals surface area contributed by atoms with Gasteiger partial charge in [0, 0.05) is 29.7 Å². The Morgan fingerprint density at radius 1 is 1.10 bits per heavy atom. The third-order valence-electron chi connectivity index (χ3n) is 3.72. The molecule has 21 heavy (non-hydrogen) atoms. The molecule has 1 aromatic heterocycles. The van der Waals surface area contributed by atoms with Gasteiger partial charge in [-0.2, -0.15) is 0 Å². The van der Waals surface area contributed by atoms with Gasteiger partial charge in [0.2, 0.25) is 0 Å². The zero-order chi connectivity index (χ0) is 14.8. The van der Waals surface area contributed by atoms with Gasteiger partial charge in [-0.25, -0.2) is 8.78 Å². The van der Waals surface area contributed by atoms with Crippen LogP contribution in [0.5, 0.6) is 0 Å². The zero-order valence-electron chi connectivity index (χ0n) is 11.7. The highest BCUT2D eigenvalue weighted by Crippen LogP contribution is 2.20. The molecule has 0 amide bonds. The summed E-state index contributed by atoms with van der Waals surface area (Å²) in [5.74, 6) is -1.63. The van der Waals surface area contributed by atoms with Crippen LogP contribution < -0.4 is 5.32 Å². The second-order valence-electron chi connectivity index (χ2n) is 5.14. The summed E-state index contributed by atoms with van der Waals surface area (Å²) in [6, 6.07) is 12.0. The van der Waals surface area contributed by atoms with Gasteiger partial charge in [0.25, 0.3) is 0 Å². The summed E-state index contributed by atoms with van der Waals surface area (Å²) in [6.45, 7) is 2.59. The van der Waals surface area contributed by atoms with Crippen molar-refractivity contribution < 1.29 is 8.78 Å². The molecule has 0 saturated heterocycles. The SMILES string of the molecule is CC(NCc1c[nH]c2ccccc12)c1ccc(F)c(F)c1. The number of rotatable bonds is 4. The molecule has 0 spiro atoms. The van der Waals surface area contributed by atoms with Gasteiger partial charge in [-0.05, 0) is 36.2 Å². The summed E-state index contributed by atoms with van der Waals surface area (Å²) in [5, 5.41) is 4.50. The minimum atomic E-state index is -0.817. The molecule has 1 heterocycles. The van der Waals surface area contributed by atoms with Crippen molar-refractivity contribution in [2.75, 3.05) is 0 Å². The molecule has 0 aliphatic heterocycles. The third kappa shape index (κ3) is 2.81. The van der Waals surface area contributed by atoms with Gasteiger partial charge in [-0.1, -0.05) is 24.3 Å². The Balaban J connectivity index is 1.73. The molecule has 108 valence electrons. The molecule has 0 bridgehead atoms. The molecule has 3 rings (SSSR count). The van der Waals surface area contributed by atoms with E-state index in [0.29, 0.717) is 6.54 Å². The molecule has 3 aromatic rings. The number of hydrogen-bond acceptors (Lipinski definition) is 1. The molecular weight excluding hydrogens is 270 g/mol. The van der Waals surface area contributed by atoms with Crippen molar-refractivity contribution in [1.29, 1.82) is 0 Å². The second kappa shape index (κ2) is 5.66. The van der Waals surface area contributed by atoms with E-state index >= 15 is 0 Å². The number of halogens is 2. The average molecular weight is 286 g/mol. The van der Waals surface area contributed by atoms with Crippen molar-refractivity contribution in [3.63, 3.8) is 0 Å². The van der Waals surface area contributed by atoms with Crippen LogP contribution >= 0.6 is 0 Å². The lowest BCUT2D eigenvalue weighted by atomic mass is 10.1. The summed E-state index contributed by atoms with van der Waals surface area (Å²) >= 11 is 0. The second-order valence-corrected chi connectivity index (χ2v) is 5.14. The molecule has 4 heteroatoms. The summed E-state index contributed by atoms with van der Waals surface area (Å²) in [6.07, 6.45) is 1.97. The lowest BCUT2D eigenvalue weighted by Crippen LogP contribution is -2.18. The number of para-hydroxylation sites is 1. The Kier molecular flexibility index (Phi) is 3.71. The summed E-state index contributed by atoms with van der Waals surface area (Å²) in [4.78, 5) is 3.22. The van der Waals surface area contributed by atoms with Gasteiger partial charge in [-0.15, -0.1) is 0 Å². The van der Waals surface area contributed by atoms with Crippen LogP contribution in [0.15, 0.2) is 48.7 Å². The van der Waals surface area contributed by atoms with Crippen molar-refractivity contribution in [3.8, 4) is 0 Å². The van der Waals surface area contributed by atoms with Gasteiger partial charge < -0.3 is 10.3 Å². The first-order valence-corrected chi connectivity index (χ1v) is 6.88. The van der Waals surface area contributed by atoms with Gasteiger partial charge in [0.1, 0.15) is 0 Å². The number of H-pyrrole nitrogens is 1. The average Bonchev–Trinajstić information content (AvgIpc) is 2.91. The fourth-order valence-electron chi connectivity index (χ4n) is 2.44.